The van der Waals surface area contributed by atoms with Crippen LogP contribution in [0.15, 0.2) is 0 Å². The molecule has 1 atom stereocenters. The first-order chi connectivity index (χ1) is 6.24. The molecule has 0 radical (unpaired) electrons. The first-order valence-electron chi connectivity index (χ1n) is 4.80. The number of halogens is 1. The minimum absolute atomic E-state index is 0.00653. The molecule has 0 aromatic carbocycles. The lowest BCUT2D eigenvalue weighted by Crippen LogP contribution is -2.40. The molecule has 1 aliphatic heterocycles. The summed E-state index contributed by atoms with van der Waals surface area (Å²) in [5.41, 5.74) is 0. The molecule has 0 saturated carbocycles. The molecule has 13 heavy (non-hydrogen) atoms. The van der Waals surface area contributed by atoms with Crippen LogP contribution in [-0.2, 0) is 4.79 Å². The second kappa shape index (κ2) is 5.17. The van der Waals surface area contributed by atoms with Crippen molar-refractivity contribution in [2.24, 2.45) is 0 Å². The highest BCUT2D eigenvalue weighted by molar-refractivity contribution is 5.78. The van der Waals surface area contributed by atoms with Gasteiger partial charge < -0.3 is 10.2 Å². The summed E-state index contributed by atoms with van der Waals surface area (Å²) in [6.45, 7) is 1.30. The van der Waals surface area contributed by atoms with E-state index in [1.807, 2.05) is 0 Å². The van der Waals surface area contributed by atoms with Gasteiger partial charge in [-0.2, -0.15) is 0 Å². The second-order valence-electron chi connectivity index (χ2n) is 3.46. The van der Waals surface area contributed by atoms with Gasteiger partial charge in [0, 0.05) is 6.54 Å². The Balaban J connectivity index is 2.42. The number of nitrogens with one attached hydrogen (secondary N) is 1. The van der Waals surface area contributed by atoms with Crippen molar-refractivity contribution >= 4 is 5.91 Å². The van der Waals surface area contributed by atoms with Crippen molar-refractivity contribution in [3.63, 3.8) is 0 Å². The van der Waals surface area contributed by atoms with Gasteiger partial charge >= 0.3 is 0 Å². The van der Waals surface area contributed by atoms with Crippen molar-refractivity contribution in [1.82, 2.24) is 10.2 Å². The number of hydrogen-bond donors (Lipinski definition) is 1. The third kappa shape index (κ3) is 3.30. The van der Waals surface area contributed by atoms with Gasteiger partial charge in [-0.25, -0.2) is 4.39 Å². The van der Waals surface area contributed by atoms with Crippen LogP contribution in [0.25, 0.3) is 0 Å². The average Bonchev–Trinajstić information content (AvgIpc) is 2.30. The molecule has 1 amide bonds. The van der Waals surface area contributed by atoms with Crippen LogP contribution in [0.4, 0.5) is 4.39 Å². The molecule has 0 aromatic heterocycles. The van der Waals surface area contributed by atoms with Crippen molar-refractivity contribution < 1.29 is 9.18 Å². The van der Waals surface area contributed by atoms with Crippen molar-refractivity contribution in [3.8, 4) is 0 Å². The minimum atomic E-state index is -0.830. The van der Waals surface area contributed by atoms with E-state index in [0.29, 0.717) is 19.5 Å². The lowest BCUT2D eigenvalue weighted by atomic mass is 10.2. The number of rotatable bonds is 2. The Kier molecular flexibility index (Phi) is 4.15. The van der Waals surface area contributed by atoms with Crippen LogP contribution in [0.3, 0.4) is 0 Å². The molecular weight excluding hydrogens is 171 g/mol. The topological polar surface area (TPSA) is 32.3 Å². The van der Waals surface area contributed by atoms with E-state index in [4.69, 9.17) is 0 Å². The highest BCUT2D eigenvalue weighted by atomic mass is 19.1. The molecule has 0 spiro atoms. The SMILES string of the molecule is CNCC(=O)N1CCCCC(F)C1. The average molecular weight is 188 g/mol. The number of carbonyl (C=O) groups is 1. The predicted molar refractivity (Wildman–Crippen MR) is 49.3 cm³/mol. The molecule has 1 heterocycles. The number of alkyl halides is 1. The van der Waals surface area contributed by atoms with Gasteiger partial charge in [0.15, 0.2) is 0 Å². The van der Waals surface area contributed by atoms with E-state index in [0.717, 1.165) is 12.8 Å². The summed E-state index contributed by atoms with van der Waals surface area (Å²) >= 11 is 0. The van der Waals surface area contributed by atoms with Gasteiger partial charge in [0.2, 0.25) is 5.91 Å². The molecule has 1 unspecified atom stereocenters. The quantitative estimate of drug-likeness (QED) is 0.686. The zero-order chi connectivity index (χ0) is 9.68. The molecule has 4 heteroatoms. The largest absolute Gasteiger partial charge is 0.339 e. The molecule has 1 N–H and O–H groups in total. The molecule has 1 fully saturated rings. The van der Waals surface area contributed by atoms with Crippen LogP contribution in [0.1, 0.15) is 19.3 Å². The van der Waals surface area contributed by atoms with Gasteiger partial charge in [-0.3, -0.25) is 4.79 Å². The van der Waals surface area contributed by atoms with E-state index in [2.05, 4.69) is 5.32 Å². The highest BCUT2D eigenvalue weighted by Gasteiger charge is 2.20. The van der Waals surface area contributed by atoms with Crippen LogP contribution >= 0.6 is 0 Å². The minimum Gasteiger partial charge on any atom is -0.339 e. The fraction of sp³-hybridized carbons (Fsp3) is 0.889. The number of amides is 1. The van der Waals surface area contributed by atoms with Gasteiger partial charge in [-0.05, 0) is 26.3 Å². The number of carbonyl (C=O) groups excluding carboxylic acids is 1. The smallest absolute Gasteiger partial charge is 0.236 e. The summed E-state index contributed by atoms with van der Waals surface area (Å²) in [4.78, 5) is 13.0. The van der Waals surface area contributed by atoms with E-state index < -0.39 is 6.17 Å². The van der Waals surface area contributed by atoms with Crippen molar-refractivity contribution in [2.45, 2.75) is 25.4 Å². The van der Waals surface area contributed by atoms with E-state index in [1.54, 1.807) is 11.9 Å². The Labute approximate surface area is 78.3 Å². The predicted octanol–water partition coefficient (Wildman–Crippen LogP) is 0.556. The first-order valence-corrected chi connectivity index (χ1v) is 4.80. The van der Waals surface area contributed by atoms with Crippen LogP contribution < -0.4 is 5.32 Å². The molecule has 1 saturated heterocycles. The Hall–Kier alpha value is -0.640. The van der Waals surface area contributed by atoms with Crippen molar-refractivity contribution in [1.29, 1.82) is 0 Å². The number of hydrogen-bond acceptors (Lipinski definition) is 2. The Bertz CT molecular complexity index is 175. The Morgan fingerprint density at radius 3 is 3.08 bits per heavy atom. The molecule has 0 aromatic rings. The van der Waals surface area contributed by atoms with E-state index in [1.165, 1.54) is 0 Å². The molecule has 1 aliphatic rings. The van der Waals surface area contributed by atoms with E-state index in [9.17, 15) is 9.18 Å². The summed E-state index contributed by atoms with van der Waals surface area (Å²) in [5.74, 6) is 0.00653. The molecule has 3 nitrogen and oxygen atoms in total. The molecule has 0 bridgehead atoms. The maximum atomic E-state index is 13.1. The summed E-state index contributed by atoms with van der Waals surface area (Å²) in [6, 6.07) is 0. The maximum Gasteiger partial charge on any atom is 0.236 e. The molecule has 1 rings (SSSR count). The van der Waals surface area contributed by atoms with Gasteiger partial charge in [-0.1, -0.05) is 0 Å². The van der Waals surface area contributed by atoms with Crippen LogP contribution in [0.5, 0.6) is 0 Å². The van der Waals surface area contributed by atoms with Crippen LogP contribution in [0.2, 0.25) is 0 Å². The normalized spacial score (nSPS) is 24.2. The van der Waals surface area contributed by atoms with Gasteiger partial charge in [0.1, 0.15) is 6.17 Å². The summed E-state index contributed by atoms with van der Waals surface area (Å²) < 4.78 is 13.1. The first kappa shape index (κ1) is 10.4. The Morgan fingerprint density at radius 2 is 2.38 bits per heavy atom. The van der Waals surface area contributed by atoms with Gasteiger partial charge in [0.05, 0.1) is 13.1 Å². The number of nitrogens with zero attached hydrogens (tertiary/aromatic N) is 1. The standard InChI is InChI=1S/C9H17FN2O/c1-11-6-9(13)12-5-3-2-4-8(10)7-12/h8,11H,2-7H2,1H3. The van der Waals surface area contributed by atoms with Gasteiger partial charge in [-0.15, -0.1) is 0 Å². The summed E-state index contributed by atoms with van der Waals surface area (Å²) in [6.07, 6.45) is 1.59. The van der Waals surface area contributed by atoms with Crippen LogP contribution in [0, 0.1) is 0 Å². The number of likely N-dealkylation sites (tertiary alicyclic amines) is 1. The summed E-state index contributed by atoms with van der Waals surface area (Å²) in [7, 11) is 1.72. The van der Waals surface area contributed by atoms with Gasteiger partial charge in [0.25, 0.3) is 0 Å². The second-order valence-corrected chi connectivity index (χ2v) is 3.46. The van der Waals surface area contributed by atoms with Crippen LogP contribution in [-0.4, -0.2) is 43.7 Å². The molecule has 76 valence electrons. The zero-order valence-electron chi connectivity index (χ0n) is 8.05. The highest BCUT2D eigenvalue weighted by Crippen LogP contribution is 2.12. The fourth-order valence-electron chi connectivity index (χ4n) is 1.58. The maximum absolute atomic E-state index is 13.1. The molecular formula is C9H17FN2O. The lowest BCUT2D eigenvalue weighted by Gasteiger charge is -2.21. The monoisotopic (exact) mass is 188 g/mol. The number of likely N-dealkylation sites (N-methyl/N-ethyl adjacent to an activating group) is 1. The Morgan fingerprint density at radius 1 is 1.62 bits per heavy atom. The van der Waals surface area contributed by atoms with Crippen molar-refractivity contribution in [3.05, 3.63) is 0 Å². The van der Waals surface area contributed by atoms with E-state index >= 15 is 0 Å². The third-order valence-corrected chi connectivity index (χ3v) is 2.29. The fourth-order valence-corrected chi connectivity index (χ4v) is 1.58. The zero-order valence-corrected chi connectivity index (χ0v) is 8.05. The van der Waals surface area contributed by atoms with Crippen molar-refractivity contribution in [2.75, 3.05) is 26.7 Å². The third-order valence-electron chi connectivity index (χ3n) is 2.29. The summed E-state index contributed by atoms with van der Waals surface area (Å²) in [5, 5.41) is 2.79. The van der Waals surface area contributed by atoms with E-state index in [-0.39, 0.29) is 12.5 Å². The molecule has 0 aliphatic carbocycles. The lowest BCUT2D eigenvalue weighted by molar-refractivity contribution is -0.130.